The summed E-state index contributed by atoms with van der Waals surface area (Å²) in [6.07, 6.45) is -4.54. The number of anilines is 1. The monoisotopic (exact) mass is 286 g/mol. The van der Waals surface area contributed by atoms with Crippen molar-refractivity contribution in [3.05, 3.63) is 29.3 Å². The lowest BCUT2D eigenvalue weighted by Gasteiger charge is -2.30. The molecule has 0 aromatic heterocycles. The van der Waals surface area contributed by atoms with Gasteiger partial charge in [-0.25, -0.2) is 0 Å². The van der Waals surface area contributed by atoms with Crippen molar-refractivity contribution < 1.29 is 18.3 Å². The molecule has 0 bridgehead atoms. The molecule has 0 unspecified atom stereocenters. The Kier molecular flexibility index (Phi) is 4.66. The van der Waals surface area contributed by atoms with Crippen molar-refractivity contribution in [1.82, 2.24) is 0 Å². The first-order chi connectivity index (χ1) is 9.08. The van der Waals surface area contributed by atoms with E-state index in [1.54, 1.807) is 24.8 Å². The van der Waals surface area contributed by atoms with E-state index in [1.807, 2.05) is 6.92 Å². The van der Waals surface area contributed by atoms with Crippen molar-refractivity contribution in [3.8, 4) is 6.07 Å². The molecule has 0 aliphatic rings. The van der Waals surface area contributed by atoms with Crippen LogP contribution in [0, 0.1) is 11.3 Å². The van der Waals surface area contributed by atoms with Gasteiger partial charge in [-0.1, -0.05) is 0 Å². The van der Waals surface area contributed by atoms with Crippen molar-refractivity contribution in [3.63, 3.8) is 0 Å². The first-order valence-corrected chi connectivity index (χ1v) is 6.17. The van der Waals surface area contributed by atoms with Crippen molar-refractivity contribution in [1.29, 1.82) is 5.26 Å². The van der Waals surface area contributed by atoms with Crippen LogP contribution in [0.2, 0.25) is 0 Å². The van der Waals surface area contributed by atoms with Gasteiger partial charge in [0.15, 0.2) is 0 Å². The van der Waals surface area contributed by atoms with Crippen LogP contribution in [0.25, 0.3) is 0 Å². The zero-order valence-electron chi connectivity index (χ0n) is 11.6. The summed E-state index contributed by atoms with van der Waals surface area (Å²) >= 11 is 0. The lowest BCUT2D eigenvalue weighted by Crippen LogP contribution is -2.38. The molecule has 0 fully saturated rings. The molecular weight excluding hydrogens is 269 g/mol. The van der Waals surface area contributed by atoms with Gasteiger partial charge in [0.2, 0.25) is 0 Å². The highest BCUT2D eigenvalue weighted by Crippen LogP contribution is 2.33. The molecule has 0 atom stereocenters. The third kappa shape index (κ3) is 4.14. The molecule has 3 nitrogen and oxygen atoms in total. The predicted octanol–water partition coefficient (Wildman–Crippen LogP) is 3.17. The number of benzene rings is 1. The molecule has 0 saturated heterocycles. The summed E-state index contributed by atoms with van der Waals surface area (Å²) in [7, 11) is 0. The van der Waals surface area contributed by atoms with Crippen LogP contribution in [0.1, 0.15) is 31.9 Å². The minimum Gasteiger partial charge on any atom is -0.389 e. The van der Waals surface area contributed by atoms with Crippen LogP contribution in [0.5, 0.6) is 0 Å². The lowest BCUT2D eigenvalue weighted by atomic mass is 10.0. The van der Waals surface area contributed by atoms with Crippen LogP contribution in [-0.2, 0) is 6.18 Å². The van der Waals surface area contributed by atoms with Crippen molar-refractivity contribution in [2.45, 2.75) is 32.5 Å². The summed E-state index contributed by atoms with van der Waals surface area (Å²) in [4.78, 5) is 1.72. The minimum absolute atomic E-state index is 0.264. The Hall–Kier alpha value is -1.74. The molecule has 6 heteroatoms. The molecule has 0 aliphatic heterocycles. The molecule has 1 N–H and O–H groups in total. The predicted molar refractivity (Wildman–Crippen MR) is 70.3 cm³/mol. The Morgan fingerprint density at radius 2 is 1.90 bits per heavy atom. The van der Waals surface area contributed by atoms with E-state index in [0.29, 0.717) is 12.2 Å². The average molecular weight is 286 g/mol. The number of rotatable bonds is 4. The maximum absolute atomic E-state index is 12.7. The highest BCUT2D eigenvalue weighted by atomic mass is 19.4. The van der Waals surface area contributed by atoms with Crippen molar-refractivity contribution in [2.24, 2.45) is 0 Å². The minimum atomic E-state index is -4.54. The average Bonchev–Trinajstić information content (AvgIpc) is 2.33. The number of nitriles is 1. The summed E-state index contributed by atoms with van der Waals surface area (Å²) in [6.45, 7) is 5.84. The van der Waals surface area contributed by atoms with E-state index < -0.39 is 22.9 Å². The quantitative estimate of drug-likeness (QED) is 0.924. The fourth-order valence-corrected chi connectivity index (χ4v) is 1.92. The second kappa shape index (κ2) is 5.71. The Bertz CT molecular complexity index is 513. The van der Waals surface area contributed by atoms with Gasteiger partial charge in [0.1, 0.15) is 0 Å². The van der Waals surface area contributed by atoms with E-state index in [4.69, 9.17) is 5.26 Å². The zero-order chi connectivity index (χ0) is 15.6. The van der Waals surface area contributed by atoms with Crippen LogP contribution in [-0.4, -0.2) is 23.8 Å². The molecule has 1 aromatic rings. The van der Waals surface area contributed by atoms with Gasteiger partial charge in [0.25, 0.3) is 0 Å². The number of aliphatic hydroxyl groups is 1. The van der Waals surface area contributed by atoms with Gasteiger partial charge < -0.3 is 10.0 Å². The number of likely N-dealkylation sites (N-methyl/N-ethyl adjacent to an activating group) is 1. The molecule has 0 saturated carbocycles. The second-order valence-electron chi connectivity index (χ2n) is 5.17. The van der Waals surface area contributed by atoms with E-state index in [0.717, 1.165) is 6.07 Å². The first-order valence-electron chi connectivity index (χ1n) is 6.17. The summed E-state index contributed by atoms with van der Waals surface area (Å²) in [6, 6.07) is 5.00. The summed E-state index contributed by atoms with van der Waals surface area (Å²) in [5, 5.41) is 18.7. The number of nitrogens with zero attached hydrogens (tertiary/aromatic N) is 2. The molecule has 110 valence electrons. The summed E-state index contributed by atoms with van der Waals surface area (Å²) in [5.74, 6) is 0. The molecule has 0 spiro atoms. The number of hydrogen-bond acceptors (Lipinski definition) is 3. The first kappa shape index (κ1) is 16.3. The molecular formula is C14H17F3N2O. The molecule has 0 amide bonds. The molecule has 0 radical (unpaired) electrons. The van der Waals surface area contributed by atoms with Gasteiger partial charge in [0.05, 0.1) is 22.8 Å². The van der Waals surface area contributed by atoms with E-state index >= 15 is 0 Å². The Morgan fingerprint density at radius 1 is 1.30 bits per heavy atom. The van der Waals surface area contributed by atoms with Gasteiger partial charge >= 0.3 is 6.18 Å². The van der Waals surface area contributed by atoms with E-state index in [-0.39, 0.29) is 6.54 Å². The van der Waals surface area contributed by atoms with Crippen molar-refractivity contribution >= 4 is 5.69 Å². The Morgan fingerprint density at radius 3 is 2.30 bits per heavy atom. The third-order valence-corrected chi connectivity index (χ3v) is 2.75. The molecule has 0 heterocycles. The SMILES string of the molecule is CCN(CC(C)(C)O)c1ccc(C(F)(F)F)c(C#N)c1. The van der Waals surface area contributed by atoms with Gasteiger partial charge in [-0.05, 0) is 39.0 Å². The van der Waals surface area contributed by atoms with Crippen molar-refractivity contribution in [2.75, 3.05) is 18.0 Å². The van der Waals surface area contributed by atoms with Gasteiger partial charge in [-0.3, -0.25) is 0 Å². The number of alkyl halides is 3. The highest BCUT2D eigenvalue weighted by molar-refractivity contribution is 5.55. The Balaban J connectivity index is 3.18. The van der Waals surface area contributed by atoms with E-state index in [9.17, 15) is 18.3 Å². The van der Waals surface area contributed by atoms with Crippen LogP contribution < -0.4 is 4.90 Å². The topological polar surface area (TPSA) is 47.3 Å². The molecule has 1 aromatic carbocycles. The van der Waals surface area contributed by atoms with Crippen LogP contribution >= 0.6 is 0 Å². The molecule has 20 heavy (non-hydrogen) atoms. The van der Waals surface area contributed by atoms with Gasteiger partial charge in [-0.15, -0.1) is 0 Å². The van der Waals surface area contributed by atoms with Crippen LogP contribution in [0.3, 0.4) is 0 Å². The third-order valence-electron chi connectivity index (χ3n) is 2.75. The van der Waals surface area contributed by atoms with Crippen LogP contribution in [0.4, 0.5) is 18.9 Å². The normalized spacial score (nSPS) is 12.1. The van der Waals surface area contributed by atoms with Gasteiger partial charge in [0, 0.05) is 18.8 Å². The largest absolute Gasteiger partial charge is 0.417 e. The number of hydrogen-bond donors (Lipinski definition) is 1. The van der Waals surface area contributed by atoms with Crippen LogP contribution in [0.15, 0.2) is 18.2 Å². The van der Waals surface area contributed by atoms with E-state index in [1.165, 1.54) is 12.1 Å². The van der Waals surface area contributed by atoms with Gasteiger partial charge in [-0.2, -0.15) is 18.4 Å². The fraction of sp³-hybridized carbons (Fsp3) is 0.500. The smallest absolute Gasteiger partial charge is 0.389 e. The summed E-state index contributed by atoms with van der Waals surface area (Å²) < 4.78 is 38.1. The van der Waals surface area contributed by atoms with E-state index in [2.05, 4.69) is 0 Å². The Labute approximate surface area is 116 Å². The lowest BCUT2D eigenvalue weighted by molar-refractivity contribution is -0.137. The molecule has 0 aliphatic carbocycles. The fourth-order valence-electron chi connectivity index (χ4n) is 1.92. The second-order valence-corrected chi connectivity index (χ2v) is 5.17. The summed E-state index contributed by atoms with van der Waals surface area (Å²) in [5.41, 5.74) is -1.85. The maximum atomic E-state index is 12.7. The number of halogens is 3. The standard InChI is InChI=1S/C14H17F3N2O/c1-4-19(9-13(2,3)20)11-5-6-12(14(15,16)17)10(7-11)8-18/h5-7,20H,4,9H2,1-3H3. The maximum Gasteiger partial charge on any atom is 0.417 e. The highest BCUT2D eigenvalue weighted by Gasteiger charge is 2.33. The molecule has 1 rings (SSSR count). The zero-order valence-corrected chi connectivity index (χ0v) is 11.6.